The second kappa shape index (κ2) is 47.1. The molecule has 146 heavy (non-hydrogen) atoms. The van der Waals surface area contributed by atoms with Crippen LogP contribution in [0.1, 0.15) is 256 Å². The Morgan fingerprint density at radius 3 is 0.952 bits per heavy atom. The van der Waals surface area contributed by atoms with Gasteiger partial charge < -0.3 is 68.1 Å². The maximum Gasteiger partial charge on any atom is 0.343 e. The van der Waals surface area contributed by atoms with Gasteiger partial charge in [-0.25, -0.2) is 56.7 Å². The van der Waals surface area contributed by atoms with E-state index in [0.717, 1.165) is 0 Å². The molecule has 12 rings (SSSR count). The minimum atomic E-state index is -2.19. The Bertz CT molecular complexity index is 7280. The van der Waals surface area contributed by atoms with Gasteiger partial charge in [0.05, 0.1) is 112 Å². The molecular formula is C106H128Cl4F5N13O16Si2. The number of hydrogen-bond acceptors (Lipinski definition) is 22. The van der Waals surface area contributed by atoms with E-state index in [1.165, 1.54) is 94.6 Å². The standard InChI is InChI=1S/C30H39ClFN5O4Si.C30H41ClFN3O4Si.C24H25ClF2N2O4.C22H23ClFN3O4/c1-10-40-28(39)21-16-37(23(29(2,3)4)17-41-42(8,9)30(5,6)7)27-20(25(21)38)15-19(26(34-27)35-36-33)14-18-12-11-13-22(31)24(18)32;1-10-38-28(37)21-16-35(23(29(2,3)4)17-39-40(8,9)30(5,6)7)27-20(25(21)36)15-19(26(33)34-27)14-18-12-11-13-22(31)24(18)32;1-5-33-23(32)16-11-29(18(12-30)24(2,3)4)22-15(20(16)31)10-14(21(27)28-22)9-13-7-6-8-17(25)19(13)26;1-22(2,3)16(10-28)27-9-14(21(30)31)18(29)13-8-12(19(25)26-20(13)27)7-11-5-4-6-15(23)17(11)24/h11-13,15-16,23H,10,14,17H2,1-9H3;11-13,15-16,23H,10,14,17H2,1-9H3,(H2,33,34);6-8,10-11,18,30H,5,9,12H2,1-4H3;4-6,8-9,16,28H,7,10H2,1-3H3,(H2,25,26)(H,30,31)/t2*23-;18-;16-/m1111/s1. The van der Waals surface area contributed by atoms with Crippen LogP contribution in [-0.4, -0.2) is 140 Å². The first kappa shape index (κ1) is 118. The van der Waals surface area contributed by atoms with Crippen molar-refractivity contribution < 1.29 is 79.5 Å². The summed E-state index contributed by atoms with van der Waals surface area (Å²) in [7, 11) is -4.33. The minimum absolute atomic E-state index is 0.00785. The molecule has 40 heteroatoms. The molecule has 0 unspecified atom stereocenters. The van der Waals surface area contributed by atoms with Crippen molar-refractivity contribution in [3.05, 3.63) is 289 Å². The lowest BCUT2D eigenvalue weighted by Gasteiger charge is -2.40. The lowest BCUT2D eigenvalue weighted by Crippen LogP contribution is -2.43. The summed E-state index contributed by atoms with van der Waals surface area (Å²) in [6.45, 7) is 50.3. The highest BCUT2D eigenvalue weighted by atomic mass is 35.5. The topological polar surface area (TPSA) is 415 Å². The third kappa shape index (κ3) is 27.0. The molecule has 0 radical (unpaired) electrons. The number of nitrogen functional groups attached to an aromatic ring is 2. The number of carboxylic acids is 1. The number of anilines is 2. The number of carboxylic acid groups (broad SMARTS) is 1. The minimum Gasteiger partial charge on any atom is -0.477 e. The normalized spacial score (nSPS) is 13.1. The number of nitrogens with zero attached hydrogens (tertiary/aromatic N) is 11. The zero-order valence-electron chi connectivity index (χ0n) is 86.8. The Kier molecular flexibility index (Phi) is 38.0. The number of aliphatic hydroxyl groups excluding tert-OH is 2. The van der Waals surface area contributed by atoms with Crippen LogP contribution in [0.25, 0.3) is 54.6 Å². The van der Waals surface area contributed by atoms with Crippen LogP contribution in [0.3, 0.4) is 0 Å². The fourth-order valence-corrected chi connectivity index (χ4v) is 18.5. The maximum absolute atomic E-state index is 15.1. The second-order valence-corrected chi connectivity index (χ2v) is 54.1. The van der Waals surface area contributed by atoms with Crippen molar-refractivity contribution in [1.29, 1.82) is 0 Å². The van der Waals surface area contributed by atoms with E-state index in [4.69, 9.17) is 80.9 Å². The highest BCUT2D eigenvalue weighted by Crippen LogP contribution is 2.45. The molecule has 29 nitrogen and oxygen atoms in total. The van der Waals surface area contributed by atoms with Crippen molar-refractivity contribution in [1.82, 2.24) is 38.2 Å². The van der Waals surface area contributed by atoms with Gasteiger partial charge in [0.1, 0.15) is 85.6 Å². The molecule has 0 bridgehead atoms. The highest BCUT2D eigenvalue weighted by molar-refractivity contribution is 6.74. The highest BCUT2D eigenvalue weighted by Gasteiger charge is 2.43. The van der Waals surface area contributed by atoms with Gasteiger partial charge in [-0.15, -0.1) is 0 Å². The predicted molar refractivity (Wildman–Crippen MR) is 568 cm³/mol. The number of pyridine rings is 8. The molecule has 0 fully saturated rings. The van der Waals surface area contributed by atoms with E-state index < -0.39 is 125 Å². The molecule has 784 valence electrons. The van der Waals surface area contributed by atoms with Crippen molar-refractivity contribution in [2.24, 2.45) is 26.8 Å². The Balaban J connectivity index is 0.000000218. The van der Waals surface area contributed by atoms with Gasteiger partial charge in [0.25, 0.3) is 0 Å². The predicted octanol–water partition coefficient (Wildman–Crippen LogP) is 24.0. The van der Waals surface area contributed by atoms with E-state index in [1.54, 1.807) is 61.7 Å². The number of aliphatic hydroxyl groups is 2. The number of fused-ring (bicyclic) bond motifs is 4. The van der Waals surface area contributed by atoms with Crippen molar-refractivity contribution >= 4 is 149 Å². The lowest BCUT2D eigenvalue weighted by atomic mass is 9.86. The number of rotatable bonds is 28. The molecule has 0 aliphatic rings. The van der Waals surface area contributed by atoms with E-state index in [1.807, 2.05) is 66.9 Å². The maximum atomic E-state index is 15.1. The molecular weight excluding hydrogens is 2000 g/mol. The molecule has 7 N–H and O–H groups in total. The van der Waals surface area contributed by atoms with Crippen molar-refractivity contribution in [2.45, 2.75) is 232 Å². The van der Waals surface area contributed by atoms with Crippen molar-refractivity contribution in [2.75, 3.05) is 57.7 Å². The van der Waals surface area contributed by atoms with E-state index in [2.05, 4.69) is 118 Å². The van der Waals surface area contributed by atoms with Gasteiger partial charge in [-0.1, -0.05) is 220 Å². The zero-order valence-corrected chi connectivity index (χ0v) is 91.8. The Morgan fingerprint density at radius 2 is 0.671 bits per heavy atom. The average Bonchev–Trinajstić information content (AvgIpc) is 0.758. The molecule has 0 saturated carbocycles. The van der Waals surface area contributed by atoms with Crippen LogP contribution in [0.5, 0.6) is 0 Å². The number of hydrogen-bond donors (Lipinski definition) is 5. The van der Waals surface area contributed by atoms with Gasteiger partial charge in [-0.05, 0) is 177 Å². The number of benzene rings is 4. The molecule has 0 amide bonds. The van der Waals surface area contributed by atoms with Gasteiger partial charge in [0, 0.05) is 60.9 Å². The number of halogens is 9. The van der Waals surface area contributed by atoms with Crippen LogP contribution in [0.2, 0.25) is 56.4 Å². The van der Waals surface area contributed by atoms with Gasteiger partial charge in [-0.3, -0.25) is 19.2 Å². The quantitative estimate of drug-likeness (QED) is 0.00444. The van der Waals surface area contributed by atoms with Crippen LogP contribution in [-0.2, 0) is 48.7 Å². The summed E-state index contributed by atoms with van der Waals surface area (Å²) in [5.41, 5.74) is 19.2. The Labute approximate surface area is 866 Å². The summed E-state index contributed by atoms with van der Waals surface area (Å²) in [6, 6.07) is 22.1. The number of carbonyl (C=O) groups excluding carboxylic acids is 3. The first-order valence-corrected chi connectivity index (χ1v) is 54.6. The number of carbonyl (C=O) groups is 4. The molecule has 4 atom stereocenters. The first-order chi connectivity index (χ1) is 67.7. The van der Waals surface area contributed by atoms with Gasteiger partial charge in [0.15, 0.2) is 16.6 Å². The fraction of sp³-hybridized carbons (Fsp3) is 0.434. The largest absolute Gasteiger partial charge is 0.477 e. The average molecular weight is 2130 g/mol. The third-order valence-electron chi connectivity index (χ3n) is 26.3. The lowest BCUT2D eigenvalue weighted by molar-refractivity contribution is 0.0513. The molecule has 12 aromatic rings. The number of azide groups is 1. The third-order valence-corrected chi connectivity index (χ3v) is 36.5. The summed E-state index contributed by atoms with van der Waals surface area (Å²) < 4.78 is 109. The number of esters is 3. The van der Waals surface area contributed by atoms with Gasteiger partial charge >= 0.3 is 23.9 Å². The Morgan fingerprint density at radius 1 is 0.411 bits per heavy atom. The fourth-order valence-electron chi connectivity index (χ4n) is 15.7. The van der Waals surface area contributed by atoms with Crippen molar-refractivity contribution in [3.63, 3.8) is 0 Å². The summed E-state index contributed by atoms with van der Waals surface area (Å²) >= 11 is 23.6. The second-order valence-electron chi connectivity index (χ2n) is 42.8. The summed E-state index contributed by atoms with van der Waals surface area (Å²) in [4.78, 5) is 124. The monoisotopic (exact) mass is 2130 g/mol. The van der Waals surface area contributed by atoms with E-state index in [-0.39, 0.29) is 208 Å². The van der Waals surface area contributed by atoms with Crippen LogP contribution >= 0.6 is 46.4 Å². The molecule has 0 aliphatic heterocycles. The number of aromatic carboxylic acids is 1. The SMILES string of the molecule is CC(C)(C)[C@@H](CO)n1cc(C(=O)O)c(=O)c2cc(Cc3cccc(Cl)c3F)c(N)nc21.CCOC(=O)c1cn([C@H](CO)C(C)(C)C)c2nc(F)c(Cc3cccc(Cl)c3F)cc2c1=O.CCOC(=O)c1cn([C@H](CO[Si](C)(C)C(C)(C)C)C(C)(C)C)c2nc(N)c(Cc3cccc(Cl)c3F)cc2c1=O.CCOC(=O)c1cn([C@H](CO[Si](C)(C)C(C)(C)C)C(C)(C)C)c2nc(N=[N+]=[N-])c(Cc3cccc(Cl)c3F)cc2c1=O. The summed E-state index contributed by atoms with van der Waals surface area (Å²) in [6.07, 6.45) is 5.23. The molecule has 4 aromatic carbocycles. The molecule has 8 aromatic heterocycles. The Hall–Kier alpha value is -11.8. The molecule has 0 aliphatic carbocycles. The van der Waals surface area contributed by atoms with Crippen LogP contribution < -0.4 is 33.2 Å². The molecule has 8 heterocycles. The molecule has 0 spiro atoms. The van der Waals surface area contributed by atoms with E-state index >= 15 is 4.39 Å². The summed E-state index contributed by atoms with van der Waals surface area (Å²) in [5, 5.41) is 33.4. The number of aromatic nitrogens is 8. The van der Waals surface area contributed by atoms with E-state index in [9.17, 15) is 76.8 Å². The zero-order chi connectivity index (χ0) is 109. The van der Waals surface area contributed by atoms with Crippen molar-refractivity contribution in [3.8, 4) is 0 Å². The van der Waals surface area contributed by atoms with Crippen LogP contribution in [0.15, 0.2) is 146 Å². The van der Waals surface area contributed by atoms with Crippen LogP contribution in [0.4, 0.5) is 39.4 Å². The summed E-state index contributed by atoms with van der Waals surface area (Å²) in [5.74, 6) is -6.90. The smallest absolute Gasteiger partial charge is 0.343 e. The van der Waals surface area contributed by atoms with Crippen LogP contribution in [0, 0.1) is 50.9 Å². The first-order valence-electron chi connectivity index (χ1n) is 47.3. The van der Waals surface area contributed by atoms with Gasteiger partial charge in [0.2, 0.25) is 27.7 Å². The van der Waals surface area contributed by atoms with E-state index in [0.29, 0.717) is 34.5 Å². The number of ether oxygens (including phenoxy) is 3. The molecule has 0 saturated heterocycles. The van der Waals surface area contributed by atoms with Gasteiger partial charge in [-0.2, -0.15) is 4.39 Å². The number of nitrogens with two attached hydrogens (primary N) is 2.